The summed E-state index contributed by atoms with van der Waals surface area (Å²) < 4.78 is 56.3. The minimum Gasteiger partial charge on any atom is -0.491 e. The van der Waals surface area contributed by atoms with Crippen molar-refractivity contribution in [3.05, 3.63) is 71.4 Å². The Bertz CT molecular complexity index is 1510. The number of anilines is 2. The third-order valence-electron chi connectivity index (χ3n) is 6.51. The normalized spacial score (nSPS) is 12.9. The largest absolute Gasteiger partial charge is 0.491 e. The van der Waals surface area contributed by atoms with Gasteiger partial charge in [-0.2, -0.15) is 8.78 Å². The van der Waals surface area contributed by atoms with Crippen molar-refractivity contribution in [3.63, 3.8) is 0 Å². The number of aliphatic hydroxyl groups is 1. The van der Waals surface area contributed by atoms with Crippen LogP contribution < -0.4 is 15.8 Å². The molecule has 0 aliphatic rings. The Morgan fingerprint density at radius 3 is 2.50 bits per heavy atom. The molecule has 0 unspecified atom stereocenters. The number of methoxy groups -OCH3 is 1. The maximum atomic E-state index is 15.4. The summed E-state index contributed by atoms with van der Waals surface area (Å²) in [4.78, 5) is 13.3. The molecule has 0 aliphatic heterocycles. The summed E-state index contributed by atoms with van der Waals surface area (Å²) in [6.07, 6.45) is 1.63. The van der Waals surface area contributed by atoms with Crippen LogP contribution in [0.1, 0.15) is 43.8 Å². The summed E-state index contributed by atoms with van der Waals surface area (Å²) in [6.45, 7) is 5.87. The van der Waals surface area contributed by atoms with Crippen LogP contribution in [0.3, 0.4) is 0 Å². The first-order chi connectivity index (χ1) is 18.8. The molecule has 0 spiro atoms. The van der Waals surface area contributed by atoms with Crippen molar-refractivity contribution in [2.24, 2.45) is 0 Å². The third kappa shape index (κ3) is 5.80. The summed E-state index contributed by atoms with van der Waals surface area (Å²) in [6, 6.07) is 10.1. The van der Waals surface area contributed by atoms with E-state index in [4.69, 9.17) is 15.2 Å². The molecule has 2 aromatic carbocycles. The molecule has 40 heavy (non-hydrogen) atoms. The van der Waals surface area contributed by atoms with Gasteiger partial charge in [0.25, 0.3) is 0 Å². The van der Waals surface area contributed by atoms with Crippen molar-refractivity contribution in [2.45, 2.75) is 45.3 Å². The van der Waals surface area contributed by atoms with Crippen LogP contribution in [-0.4, -0.2) is 46.0 Å². The van der Waals surface area contributed by atoms with Gasteiger partial charge in [0.15, 0.2) is 0 Å². The van der Waals surface area contributed by atoms with Crippen LogP contribution in [-0.2, 0) is 10.7 Å². The molecule has 0 amide bonds. The average Bonchev–Trinajstić information content (AvgIpc) is 2.88. The molecule has 212 valence electrons. The van der Waals surface area contributed by atoms with Gasteiger partial charge in [-0.1, -0.05) is 12.1 Å². The second-order valence-corrected chi connectivity index (χ2v) is 10.0. The van der Waals surface area contributed by atoms with E-state index in [0.29, 0.717) is 40.7 Å². The molecule has 4 aromatic rings. The second kappa shape index (κ2) is 11.3. The molecule has 0 aliphatic carbocycles. The van der Waals surface area contributed by atoms with Crippen molar-refractivity contribution < 1.29 is 27.8 Å². The predicted octanol–water partition coefficient (Wildman–Crippen LogP) is 5.78. The number of fused-ring (bicyclic) bond motifs is 1. The lowest BCUT2D eigenvalue weighted by Gasteiger charge is -2.30. The number of halogens is 3. The predicted molar refractivity (Wildman–Crippen MR) is 148 cm³/mol. The first-order valence-corrected chi connectivity index (χ1v) is 12.6. The van der Waals surface area contributed by atoms with Gasteiger partial charge in [-0.15, -0.1) is 0 Å². The molecule has 0 radical (unpaired) electrons. The first-order valence-electron chi connectivity index (χ1n) is 12.6. The number of benzene rings is 2. The molecule has 0 fully saturated rings. The van der Waals surface area contributed by atoms with E-state index in [9.17, 15) is 13.9 Å². The molecule has 4 rings (SSSR count). The number of nitrogen functional groups attached to an aromatic ring is 1. The summed E-state index contributed by atoms with van der Waals surface area (Å²) >= 11 is 0. The van der Waals surface area contributed by atoms with Gasteiger partial charge in [-0.05, 0) is 58.0 Å². The van der Waals surface area contributed by atoms with E-state index in [-0.39, 0.29) is 12.2 Å². The number of alkyl halides is 2. The molecule has 0 saturated carbocycles. The van der Waals surface area contributed by atoms with Crippen molar-refractivity contribution in [1.29, 1.82) is 0 Å². The van der Waals surface area contributed by atoms with Crippen molar-refractivity contribution >= 4 is 22.5 Å². The molecule has 2 heterocycles. The van der Waals surface area contributed by atoms with Crippen molar-refractivity contribution in [3.8, 4) is 16.9 Å². The molecule has 8 nitrogen and oxygen atoms in total. The highest BCUT2D eigenvalue weighted by Crippen LogP contribution is 2.42. The standard InChI is InChI=1S/C29H32F3N5O3/c1-16(19-7-6-8-22(26(19)30)29(31,32)28(3,4)38)35-27-21-14-24(40-12-11-39-5)20(13-23(21)36-17(2)37-27)18-9-10-25(33)34-15-18/h6-10,13-16,38H,11-12H2,1-5H3,(H2,33,34)(H,35,36,37)/t16-/m1/s1. The van der Waals surface area contributed by atoms with E-state index in [1.807, 2.05) is 12.1 Å². The Balaban J connectivity index is 1.78. The van der Waals surface area contributed by atoms with Gasteiger partial charge < -0.3 is 25.6 Å². The molecule has 1 atom stereocenters. The lowest BCUT2D eigenvalue weighted by Crippen LogP contribution is -2.41. The Labute approximate surface area is 230 Å². The number of aryl methyl sites for hydroxylation is 1. The third-order valence-corrected chi connectivity index (χ3v) is 6.51. The van der Waals surface area contributed by atoms with Crippen LogP contribution in [0.15, 0.2) is 48.7 Å². The number of ether oxygens (including phenoxy) is 2. The number of hydrogen-bond acceptors (Lipinski definition) is 8. The Morgan fingerprint density at radius 1 is 1.10 bits per heavy atom. The molecular weight excluding hydrogens is 523 g/mol. The maximum absolute atomic E-state index is 15.4. The summed E-state index contributed by atoms with van der Waals surface area (Å²) in [5.74, 6) is -3.22. The summed E-state index contributed by atoms with van der Waals surface area (Å²) in [5, 5.41) is 13.7. The quantitative estimate of drug-likeness (QED) is 0.211. The smallest absolute Gasteiger partial charge is 0.303 e. The zero-order valence-corrected chi connectivity index (χ0v) is 22.9. The van der Waals surface area contributed by atoms with Gasteiger partial charge in [0.05, 0.1) is 23.7 Å². The molecule has 11 heteroatoms. The van der Waals surface area contributed by atoms with Gasteiger partial charge in [-0.3, -0.25) is 0 Å². The van der Waals surface area contributed by atoms with E-state index in [0.717, 1.165) is 31.0 Å². The van der Waals surface area contributed by atoms with Gasteiger partial charge in [0, 0.05) is 35.4 Å². The highest BCUT2D eigenvalue weighted by Gasteiger charge is 2.49. The van der Waals surface area contributed by atoms with Gasteiger partial charge in [0.1, 0.15) is 41.2 Å². The number of hydrogen-bond donors (Lipinski definition) is 3. The minimum absolute atomic E-state index is 0.00743. The number of pyridine rings is 1. The first kappa shape index (κ1) is 29.0. The van der Waals surface area contributed by atoms with Crippen LogP contribution in [0, 0.1) is 12.7 Å². The maximum Gasteiger partial charge on any atom is 0.303 e. The highest BCUT2D eigenvalue weighted by atomic mass is 19.3. The highest BCUT2D eigenvalue weighted by molar-refractivity contribution is 5.95. The topological polar surface area (TPSA) is 115 Å². The molecular formula is C29H32F3N5O3. The van der Waals surface area contributed by atoms with E-state index in [1.165, 1.54) is 12.1 Å². The zero-order valence-electron chi connectivity index (χ0n) is 22.9. The Hall–Kier alpha value is -3.96. The zero-order chi connectivity index (χ0) is 29.2. The molecule has 0 saturated heterocycles. The summed E-state index contributed by atoms with van der Waals surface area (Å²) in [5.41, 5.74) is 4.47. The number of nitrogens with one attached hydrogen (secondary N) is 1. The second-order valence-electron chi connectivity index (χ2n) is 10.0. The Morgan fingerprint density at radius 2 is 1.85 bits per heavy atom. The van der Waals surface area contributed by atoms with E-state index < -0.39 is 28.9 Å². The minimum atomic E-state index is -3.81. The average molecular weight is 556 g/mol. The van der Waals surface area contributed by atoms with Crippen molar-refractivity contribution in [2.75, 3.05) is 31.4 Å². The van der Waals surface area contributed by atoms with Crippen LogP contribution in [0.2, 0.25) is 0 Å². The van der Waals surface area contributed by atoms with Crippen LogP contribution in [0.25, 0.3) is 22.0 Å². The van der Waals surface area contributed by atoms with Crippen LogP contribution >= 0.6 is 0 Å². The van der Waals surface area contributed by atoms with E-state index in [1.54, 1.807) is 39.3 Å². The van der Waals surface area contributed by atoms with Gasteiger partial charge >= 0.3 is 5.92 Å². The number of nitrogens with two attached hydrogens (primary N) is 1. The summed E-state index contributed by atoms with van der Waals surface area (Å²) in [7, 11) is 1.57. The molecule has 0 bridgehead atoms. The van der Waals surface area contributed by atoms with Crippen LogP contribution in [0.4, 0.5) is 24.8 Å². The Kier molecular flexibility index (Phi) is 8.18. The van der Waals surface area contributed by atoms with Gasteiger partial charge in [0.2, 0.25) is 0 Å². The fourth-order valence-corrected chi connectivity index (χ4v) is 4.27. The fraction of sp³-hybridized carbons (Fsp3) is 0.345. The number of aromatic nitrogens is 3. The van der Waals surface area contributed by atoms with Gasteiger partial charge in [-0.25, -0.2) is 19.3 Å². The van der Waals surface area contributed by atoms with Crippen molar-refractivity contribution in [1.82, 2.24) is 15.0 Å². The number of rotatable bonds is 10. The molecule has 2 aromatic heterocycles. The lowest BCUT2D eigenvalue weighted by atomic mass is 9.91. The molecule has 4 N–H and O–H groups in total. The monoisotopic (exact) mass is 555 g/mol. The SMILES string of the molecule is COCCOc1cc2c(N[C@H](C)c3cccc(C(F)(F)C(C)(C)O)c3F)nc(C)nc2cc1-c1ccc(N)nc1. The lowest BCUT2D eigenvalue weighted by molar-refractivity contribution is -0.170. The van der Waals surface area contributed by atoms with E-state index in [2.05, 4.69) is 20.3 Å². The fourth-order valence-electron chi connectivity index (χ4n) is 4.27. The van der Waals surface area contributed by atoms with Crippen LogP contribution in [0.5, 0.6) is 5.75 Å². The van der Waals surface area contributed by atoms with E-state index >= 15 is 4.39 Å². The number of nitrogens with zero attached hydrogens (tertiary/aromatic N) is 3.